The number of hydrogen-bond acceptors (Lipinski definition) is 2. The molecule has 2 nitrogen and oxygen atoms in total. The molecule has 0 heterocycles. The van der Waals surface area contributed by atoms with Gasteiger partial charge in [0.1, 0.15) is 0 Å². The third-order valence-corrected chi connectivity index (χ3v) is 14.2. The van der Waals surface area contributed by atoms with E-state index in [2.05, 4.69) is 230 Å². The van der Waals surface area contributed by atoms with E-state index in [0.29, 0.717) is 23.8 Å². The maximum absolute atomic E-state index is 4.37. The molecule has 0 spiro atoms. The van der Waals surface area contributed by atoms with Crippen LogP contribution < -0.4 is 9.80 Å². The minimum Gasteiger partial charge on any atom is -0.338 e. The van der Waals surface area contributed by atoms with Crippen LogP contribution in [0, 0.1) is 17.8 Å². The molecule has 9 rings (SSSR count). The van der Waals surface area contributed by atoms with E-state index in [1.807, 2.05) is 0 Å². The summed E-state index contributed by atoms with van der Waals surface area (Å²) < 4.78 is 0. The van der Waals surface area contributed by atoms with Gasteiger partial charge < -0.3 is 9.80 Å². The fraction of sp³-hybridized carbons (Fsp3) is 0.258. The van der Waals surface area contributed by atoms with Crippen LogP contribution in [0.15, 0.2) is 213 Å². The first kappa shape index (κ1) is 42.9. The van der Waals surface area contributed by atoms with Gasteiger partial charge in [0.25, 0.3) is 0 Å². The Labute approximate surface area is 383 Å². The van der Waals surface area contributed by atoms with Gasteiger partial charge in [0.2, 0.25) is 0 Å². The Hall–Kier alpha value is -6.38. The number of allylic oxidation sites excluding steroid dienone is 13. The molecule has 0 radical (unpaired) electrons. The Morgan fingerprint density at radius 2 is 1.33 bits per heavy atom. The predicted molar refractivity (Wildman–Crippen MR) is 276 cm³/mol. The number of rotatable bonds is 14. The quantitative estimate of drug-likeness (QED) is 0.0812. The lowest BCUT2D eigenvalue weighted by Gasteiger charge is -2.41. The van der Waals surface area contributed by atoms with Crippen LogP contribution >= 0.6 is 0 Å². The third kappa shape index (κ3) is 10.3. The van der Waals surface area contributed by atoms with Gasteiger partial charge in [-0.2, -0.15) is 0 Å². The van der Waals surface area contributed by atoms with Gasteiger partial charge in [-0.15, -0.1) is 0 Å². The minimum absolute atomic E-state index is 0.421. The van der Waals surface area contributed by atoms with Crippen molar-refractivity contribution < 1.29 is 0 Å². The fourth-order valence-corrected chi connectivity index (χ4v) is 10.5. The highest BCUT2D eigenvalue weighted by atomic mass is 15.2. The lowest BCUT2D eigenvalue weighted by atomic mass is 9.72. The SMILES string of the molecule is C=C/C(=C\C=C\c1ccc(CN(c2ccc(-c3ccccc3)cc2)c2ccc(C3CC=CCC3)cc2)cc1)N(c1ccc(C2=CCCC=C2)cc1)C1CCC(C2C=CC=CC2C)CC1. The van der Waals surface area contributed by atoms with Crippen molar-refractivity contribution in [1.29, 1.82) is 0 Å². The zero-order valence-electron chi connectivity index (χ0n) is 37.7. The lowest BCUT2D eigenvalue weighted by Crippen LogP contribution is -2.38. The van der Waals surface area contributed by atoms with Gasteiger partial charge in [-0.1, -0.05) is 171 Å². The summed E-state index contributed by atoms with van der Waals surface area (Å²) in [7, 11) is 0. The molecule has 3 unspecified atom stereocenters. The van der Waals surface area contributed by atoms with Gasteiger partial charge in [-0.05, 0) is 169 Å². The normalized spacial score (nSPS) is 22.0. The van der Waals surface area contributed by atoms with Crippen molar-refractivity contribution in [3.05, 3.63) is 235 Å². The van der Waals surface area contributed by atoms with E-state index in [-0.39, 0.29) is 0 Å². The average Bonchev–Trinajstić information content (AvgIpc) is 3.37. The Bertz CT molecular complexity index is 2520. The summed E-state index contributed by atoms with van der Waals surface area (Å²) in [6.45, 7) is 7.53. The van der Waals surface area contributed by atoms with E-state index < -0.39 is 0 Å². The molecular weight excluding hydrogens is 773 g/mol. The van der Waals surface area contributed by atoms with Gasteiger partial charge in [0, 0.05) is 35.3 Å². The molecule has 3 atom stereocenters. The van der Waals surface area contributed by atoms with Crippen molar-refractivity contribution in [2.75, 3.05) is 9.80 Å². The summed E-state index contributed by atoms with van der Waals surface area (Å²) >= 11 is 0. The second kappa shape index (κ2) is 20.9. The monoisotopic (exact) mass is 837 g/mol. The van der Waals surface area contributed by atoms with E-state index >= 15 is 0 Å². The van der Waals surface area contributed by atoms with Crippen molar-refractivity contribution >= 4 is 28.7 Å². The molecule has 0 saturated heterocycles. The number of hydrogen-bond donors (Lipinski definition) is 0. The average molecular weight is 837 g/mol. The van der Waals surface area contributed by atoms with Gasteiger partial charge >= 0.3 is 0 Å². The summed E-state index contributed by atoms with van der Waals surface area (Å²) in [5, 5.41) is 0. The highest BCUT2D eigenvalue weighted by Gasteiger charge is 2.32. The molecule has 0 amide bonds. The Morgan fingerprint density at radius 3 is 2.00 bits per heavy atom. The van der Waals surface area contributed by atoms with E-state index in [4.69, 9.17) is 0 Å². The van der Waals surface area contributed by atoms with Crippen molar-refractivity contribution in [2.45, 2.75) is 83.2 Å². The van der Waals surface area contributed by atoms with E-state index in [0.717, 1.165) is 37.4 Å². The standard InChI is InChI=1S/C62H64N2/c1-3-57(64(60-42-34-55(35-43-60)52-22-11-6-12-23-52)61-44-36-56(37-45-61)62-25-14-13-16-47(62)2)24-15-17-48-26-28-49(29-27-48)46-63(58-38-30-53(31-39-58)50-18-7-4-8-19-50)59-40-32-54(33-41-59)51-20-9-5-10-21-51/h3-5,7-9,11,13-19,22-35,38-43,47,51,56,61-62H,1,6,10,12,20-21,36-37,44-46H2,2H3/b17-15+,57-24+. The molecule has 64 heavy (non-hydrogen) atoms. The zero-order valence-corrected chi connectivity index (χ0v) is 37.7. The highest BCUT2D eigenvalue weighted by Crippen LogP contribution is 2.41. The first-order valence-electron chi connectivity index (χ1n) is 24.0. The maximum atomic E-state index is 4.37. The van der Waals surface area contributed by atoms with Gasteiger partial charge in [0.15, 0.2) is 0 Å². The Balaban J connectivity index is 0.933. The van der Waals surface area contributed by atoms with Gasteiger partial charge in [-0.25, -0.2) is 0 Å². The third-order valence-electron chi connectivity index (χ3n) is 14.2. The maximum Gasteiger partial charge on any atom is 0.0481 e. The van der Waals surface area contributed by atoms with Crippen LogP contribution in [-0.2, 0) is 6.54 Å². The molecule has 0 bridgehead atoms. The van der Waals surface area contributed by atoms with E-state index in [9.17, 15) is 0 Å². The lowest BCUT2D eigenvalue weighted by molar-refractivity contribution is 0.233. The van der Waals surface area contributed by atoms with Crippen molar-refractivity contribution in [3.63, 3.8) is 0 Å². The Kier molecular flexibility index (Phi) is 14.0. The minimum atomic E-state index is 0.421. The molecule has 5 aromatic rings. The van der Waals surface area contributed by atoms with Crippen LogP contribution in [-0.4, -0.2) is 6.04 Å². The molecule has 0 N–H and O–H groups in total. The van der Waals surface area contributed by atoms with Gasteiger partial charge in [-0.3, -0.25) is 0 Å². The summed E-state index contributed by atoms with van der Waals surface area (Å²) in [6, 6.07) is 47.8. The zero-order chi connectivity index (χ0) is 43.5. The van der Waals surface area contributed by atoms with E-state index in [1.54, 1.807) is 0 Å². The van der Waals surface area contributed by atoms with Crippen LogP contribution in [0.25, 0.3) is 22.8 Å². The number of nitrogens with zero attached hydrogens (tertiary/aromatic N) is 2. The summed E-state index contributed by atoms with van der Waals surface area (Å²) in [5.41, 5.74) is 13.8. The highest BCUT2D eigenvalue weighted by molar-refractivity contribution is 5.76. The first-order chi connectivity index (χ1) is 31.6. The number of anilines is 3. The first-order valence-corrected chi connectivity index (χ1v) is 24.0. The van der Waals surface area contributed by atoms with Crippen LogP contribution in [0.1, 0.15) is 92.9 Å². The predicted octanol–water partition coefficient (Wildman–Crippen LogP) is 16.8. The van der Waals surface area contributed by atoms with Crippen LogP contribution in [0.3, 0.4) is 0 Å². The summed E-state index contributed by atoms with van der Waals surface area (Å²) in [5.74, 6) is 2.60. The molecule has 1 saturated carbocycles. The second-order valence-electron chi connectivity index (χ2n) is 18.3. The largest absolute Gasteiger partial charge is 0.338 e. The van der Waals surface area contributed by atoms with Crippen molar-refractivity contribution in [1.82, 2.24) is 0 Å². The van der Waals surface area contributed by atoms with Gasteiger partial charge in [0.05, 0.1) is 0 Å². The molecule has 1 fully saturated rings. The molecule has 5 aromatic carbocycles. The summed E-state index contributed by atoms with van der Waals surface area (Å²) in [6.07, 6.45) is 40.3. The molecule has 4 aliphatic rings. The number of benzene rings is 5. The molecule has 322 valence electrons. The van der Waals surface area contributed by atoms with Crippen molar-refractivity contribution in [3.8, 4) is 11.1 Å². The topological polar surface area (TPSA) is 6.48 Å². The molecule has 0 aliphatic heterocycles. The summed E-state index contributed by atoms with van der Waals surface area (Å²) in [4.78, 5) is 5.02. The molecular formula is C62H64N2. The Morgan fingerprint density at radius 1 is 0.641 bits per heavy atom. The van der Waals surface area contributed by atoms with Crippen LogP contribution in [0.4, 0.5) is 17.1 Å². The fourth-order valence-electron chi connectivity index (χ4n) is 10.5. The van der Waals surface area contributed by atoms with Crippen molar-refractivity contribution in [2.24, 2.45) is 17.8 Å². The smallest absolute Gasteiger partial charge is 0.0481 e. The second-order valence-corrected chi connectivity index (χ2v) is 18.3. The molecule has 0 aromatic heterocycles. The van der Waals surface area contributed by atoms with Crippen LogP contribution in [0.2, 0.25) is 0 Å². The van der Waals surface area contributed by atoms with E-state index in [1.165, 1.54) is 94.5 Å². The van der Waals surface area contributed by atoms with Crippen LogP contribution in [0.5, 0.6) is 0 Å². The molecule has 4 aliphatic carbocycles. The molecule has 2 heteroatoms.